The van der Waals surface area contributed by atoms with E-state index < -0.39 is 5.41 Å². The Labute approximate surface area is 215 Å². The molecule has 5 rings (SSSR count). The molecule has 2 heterocycles. The van der Waals surface area contributed by atoms with Crippen molar-refractivity contribution in [3.8, 4) is 29.1 Å². The Morgan fingerprint density at radius 1 is 1.27 bits per heavy atom. The molecule has 9 nitrogen and oxygen atoms in total. The van der Waals surface area contributed by atoms with Crippen LogP contribution in [0.1, 0.15) is 36.5 Å². The number of carbonyl (C=O) groups excluding carboxylic acids is 1. The summed E-state index contributed by atoms with van der Waals surface area (Å²) in [5, 5.41) is 32.6. The van der Waals surface area contributed by atoms with Crippen LogP contribution in [0.2, 0.25) is 0 Å². The van der Waals surface area contributed by atoms with E-state index in [0.717, 1.165) is 18.4 Å². The quantitative estimate of drug-likeness (QED) is 0.341. The van der Waals surface area contributed by atoms with Gasteiger partial charge in [-0.2, -0.15) is 10.5 Å². The Morgan fingerprint density at radius 2 is 2.11 bits per heavy atom. The number of nitrogens with zero attached hydrogens (tertiary/aromatic N) is 5. The molecule has 10 heteroatoms. The van der Waals surface area contributed by atoms with E-state index in [1.165, 1.54) is 7.41 Å². The van der Waals surface area contributed by atoms with E-state index in [1.54, 1.807) is 41.3 Å². The van der Waals surface area contributed by atoms with Crippen molar-refractivity contribution in [2.45, 2.75) is 25.2 Å². The average Bonchev–Trinajstić information content (AvgIpc) is 3.71. The van der Waals surface area contributed by atoms with Gasteiger partial charge in [0.15, 0.2) is 0 Å². The van der Waals surface area contributed by atoms with Gasteiger partial charge in [0.25, 0.3) is 0 Å². The normalized spacial score (nSPS) is 17.9. The number of nitrogens with one attached hydrogen (secondary N) is 1. The van der Waals surface area contributed by atoms with Crippen molar-refractivity contribution in [1.82, 2.24) is 9.97 Å². The second-order valence-corrected chi connectivity index (χ2v) is 9.63. The standard InChI is InChI=1S/C27H24BN6O3/c1-27(15-35)14-34(28-16-36)25-20(12-30)9-19(10-21(25)27)22-6-7-31-26(32-22)33-23-8-18(11-29)4-5-24(23)37-13-17-2-3-17/h4-10,16-17,35H,2-3,13-15H2,1H3,(H,31,32,33)/t27-/m1/s1. The number of rotatable bonds is 9. The lowest BCUT2D eigenvalue weighted by atomic mass is 9.83. The molecule has 0 bridgehead atoms. The number of carbonyl (C=O) groups is 1. The van der Waals surface area contributed by atoms with E-state index in [0.29, 0.717) is 70.7 Å². The Kier molecular flexibility index (Phi) is 6.52. The molecule has 1 aliphatic heterocycles. The lowest BCUT2D eigenvalue weighted by molar-refractivity contribution is 0.217. The number of aromatic nitrogens is 2. The van der Waals surface area contributed by atoms with E-state index in [-0.39, 0.29) is 6.61 Å². The number of nitriles is 2. The lowest BCUT2D eigenvalue weighted by Crippen LogP contribution is -2.36. The first kappa shape index (κ1) is 24.3. The van der Waals surface area contributed by atoms with Crippen LogP contribution < -0.4 is 14.9 Å². The zero-order valence-electron chi connectivity index (χ0n) is 20.3. The van der Waals surface area contributed by atoms with Crippen LogP contribution in [0.5, 0.6) is 5.75 Å². The Hall–Kier alpha value is -4.41. The van der Waals surface area contributed by atoms with Gasteiger partial charge in [-0.3, -0.25) is 0 Å². The van der Waals surface area contributed by atoms with Crippen molar-refractivity contribution >= 4 is 30.9 Å². The van der Waals surface area contributed by atoms with E-state index >= 15 is 0 Å². The third kappa shape index (κ3) is 4.84. The molecule has 1 aliphatic carbocycles. The number of benzene rings is 2. The van der Waals surface area contributed by atoms with E-state index in [2.05, 4.69) is 27.4 Å². The molecule has 3 aromatic rings. The molecule has 2 aliphatic rings. The number of anilines is 3. The molecule has 0 spiro atoms. The molecule has 2 aromatic carbocycles. The molecule has 2 N–H and O–H groups in total. The van der Waals surface area contributed by atoms with Crippen LogP contribution in [0.15, 0.2) is 42.6 Å². The molecule has 0 amide bonds. The van der Waals surface area contributed by atoms with Crippen molar-refractivity contribution in [3.05, 3.63) is 59.3 Å². The summed E-state index contributed by atoms with van der Waals surface area (Å²) in [6.07, 6.45) is 4.61. The summed E-state index contributed by atoms with van der Waals surface area (Å²) >= 11 is 0. The number of aliphatic hydroxyl groups excluding tert-OH is 1. The molecule has 1 radical (unpaired) electrons. The molecule has 0 unspecified atom stereocenters. The predicted molar refractivity (Wildman–Crippen MR) is 139 cm³/mol. The van der Waals surface area contributed by atoms with Crippen LogP contribution in [-0.2, 0) is 10.2 Å². The highest BCUT2D eigenvalue weighted by molar-refractivity contribution is 6.70. The molecular weight excluding hydrogens is 467 g/mol. The van der Waals surface area contributed by atoms with E-state index in [1.807, 2.05) is 13.0 Å². The van der Waals surface area contributed by atoms with Crippen LogP contribution in [-0.4, -0.2) is 48.4 Å². The monoisotopic (exact) mass is 491 g/mol. The maximum atomic E-state index is 11.2. The van der Waals surface area contributed by atoms with Crippen LogP contribution in [0.3, 0.4) is 0 Å². The van der Waals surface area contributed by atoms with Gasteiger partial charge in [0.1, 0.15) is 18.0 Å². The van der Waals surface area contributed by atoms with Gasteiger partial charge in [-0.05, 0) is 60.7 Å². The zero-order valence-corrected chi connectivity index (χ0v) is 20.3. The van der Waals surface area contributed by atoms with Crippen molar-refractivity contribution in [2.75, 3.05) is 29.9 Å². The third-order valence-corrected chi connectivity index (χ3v) is 6.75. The van der Waals surface area contributed by atoms with Gasteiger partial charge in [0.05, 0.1) is 41.8 Å². The minimum atomic E-state index is -0.657. The number of hydrogen-bond donors (Lipinski definition) is 2. The van der Waals surface area contributed by atoms with Gasteiger partial charge in [-0.15, -0.1) is 0 Å². The maximum Gasteiger partial charge on any atom is 0.329 e. The first-order valence-corrected chi connectivity index (χ1v) is 12.0. The zero-order chi connectivity index (χ0) is 26.0. The summed E-state index contributed by atoms with van der Waals surface area (Å²) in [5.41, 5.74) is 3.45. The topological polar surface area (TPSA) is 135 Å². The third-order valence-electron chi connectivity index (χ3n) is 6.75. The minimum Gasteiger partial charge on any atom is -0.491 e. The summed E-state index contributed by atoms with van der Waals surface area (Å²) in [7, 11) is 1.38. The van der Waals surface area contributed by atoms with Gasteiger partial charge >= 0.3 is 7.41 Å². The van der Waals surface area contributed by atoms with Crippen molar-refractivity contribution in [3.63, 3.8) is 0 Å². The summed E-state index contributed by atoms with van der Waals surface area (Å²) in [6, 6.07) is 14.9. The highest BCUT2D eigenvalue weighted by atomic mass is 16.5. The highest BCUT2D eigenvalue weighted by Gasteiger charge is 2.40. The predicted octanol–water partition coefficient (Wildman–Crippen LogP) is 3.30. The summed E-state index contributed by atoms with van der Waals surface area (Å²) in [6.45, 7) is 2.75. The van der Waals surface area contributed by atoms with Crippen molar-refractivity contribution < 1.29 is 14.6 Å². The molecule has 1 fully saturated rings. The number of hydrogen-bond acceptors (Lipinski definition) is 9. The molecule has 183 valence electrons. The fraction of sp³-hybridized carbons (Fsp3) is 0.296. The van der Waals surface area contributed by atoms with Crippen LogP contribution in [0.4, 0.5) is 17.3 Å². The smallest absolute Gasteiger partial charge is 0.329 e. The van der Waals surface area contributed by atoms with E-state index in [9.17, 15) is 20.4 Å². The van der Waals surface area contributed by atoms with Crippen LogP contribution >= 0.6 is 0 Å². The second-order valence-electron chi connectivity index (χ2n) is 9.63. The average molecular weight is 491 g/mol. The SMILES string of the molecule is C[C@]1(CO)CN([B]C=O)c2c(C#N)cc(-c3ccnc(Nc4cc(C#N)ccc4OCC4CC4)n3)cc21. The largest absolute Gasteiger partial charge is 0.491 e. The second kappa shape index (κ2) is 9.92. The molecule has 0 saturated heterocycles. The molecule has 37 heavy (non-hydrogen) atoms. The van der Waals surface area contributed by atoms with Gasteiger partial charge < -0.3 is 24.8 Å². The summed E-state index contributed by atoms with van der Waals surface area (Å²) in [4.78, 5) is 21.9. The minimum absolute atomic E-state index is 0.146. The summed E-state index contributed by atoms with van der Waals surface area (Å²) in [5.74, 6) is 1.50. The Bertz CT molecular complexity index is 1450. The van der Waals surface area contributed by atoms with Gasteiger partial charge in [-0.25, -0.2) is 9.97 Å². The van der Waals surface area contributed by atoms with E-state index in [4.69, 9.17) is 4.74 Å². The van der Waals surface area contributed by atoms with Gasteiger partial charge in [-0.1, -0.05) is 6.92 Å². The lowest BCUT2D eigenvalue weighted by Gasteiger charge is -2.23. The Morgan fingerprint density at radius 3 is 2.81 bits per heavy atom. The highest BCUT2D eigenvalue weighted by Crippen LogP contribution is 2.44. The first-order valence-electron chi connectivity index (χ1n) is 12.0. The molecular formula is C27H24BN6O3. The number of fused-ring (bicyclic) bond motifs is 1. The first-order chi connectivity index (χ1) is 18.0. The van der Waals surface area contributed by atoms with Gasteiger partial charge in [0.2, 0.25) is 5.95 Å². The van der Waals surface area contributed by atoms with Gasteiger partial charge in [0, 0.05) is 29.4 Å². The maximum absolute atomic E-state index is 11.2. The number of aliphatic hydroxyl groups is 1. The Balaban J connectivity index is 1.50. The molecule has 1 saturated carbocycles. The van der Waals surface area contributed by atoms with Crippen molar-refractivity contribution in [2.24, 2.45) is 5.92 Å². The summed E-state index contributed by atoms with van der Waals surface area (Å²) < 4.78 is 5.97. The van der Waals surface area contributed by atoms with Crippen LogP contribution in [0, 0.1) is 28.6 Å². The molecule has 1 atom stereocenters. The fourth-order valence-electron chi connectivity index (χ4n) is 4.53. The fourth-order valence-corrected chi connectivity index (χ4v) is 4.53. The number of ether oxygens (including phenoxy) is 1. The molecule has 1 aromatic heterocycles. The van der Waals surface area contributed by atoms with Crippen LogP contribution in [0.25, 0.3) is 11.3 Å². The van der Waals surface area contributed by atoms with Crippen molar-refractivity contribution in [1.29, 1.82) is 10.5 Å².